The van der Waals surface area contributed by atoms with Gasteiger partial charge in [0, 0.05) is 40.7 Å². The van der Waals surface area contributed by atoms with Gasteiger partial charge in [0.2, 0.25) is 5.91 Å². The SMILES string of the molecule is O=C(/C=C/c1cccc2cccnc12)Nc1ncc(Cc2cccc(C(F)(F)F)c2)s1. The van der Waals surface area contributed by atoms with Crippen LogP contribution in [-0.2, 0) is 17.4 Å². The number of carbonyl (C=O) groups is 1. The molecule has 0 aliphatic carbocycles. The van der Waals surface area contributed by atoms with Crippen molar-refractivity contribution >= 4 is 39.4 Å². The van der Waals surface area contributed by atoms with Crippen LogP contribution in [0.2, 0.25) is 0 Å². The van der Waals surface area contributed by atoms with Crippen molar-refractivity contribution in [2.75, 3.05) is 5.32 Å². The number of anilines is 1. The molecular formula is C23H16F3N3OS. The molecule has 0 spiro atoms. The number of halogens is 3. The summed E-state index contributed by atoms with van der Waals surface area (Å²) in [6.07, 6.45) is 2.25. The van der Waals surface area contributed by atoms with Gasteiger partial charge >= 0.3 is 6.18 Å². The van der Waals surface area contributed by atoms with Crippen molar-refractivity contribution in [1.29, 1.82) is 0 Å². The van der Waals surface area contributed by atoms with E-state index >= 15 is 0 Å². The highest BCUT2D eigenvalue weighted by Crippen LogP contribution is 2.30. The van der Waals surface area contributed by atoms with E-state index in [-0.39, 0.29) is 5.91 Å². The standard InChI is InChI=1S/C23H16F3N3OS/c24-23(25,26)18-8-1-4-15(12-18)13-19-14-28-22(31-19)29-20(30)10-9-17-6-2-5-16-7-3-11-27-21(16)17/h1-12,14H,13H2,(H,28,29,30)/b10-9+. The number of aromatic nitrogens is 2. The molecule has 0 radical (unpaired) electrons. The number of thiazole rings is 1. The first-order valence-corrected chi connectivity index (χ1v) is 10.1. The molecule has 2 aromatic carbocycles. The Bertz CT molecular complexity index is 1260. The second-order valence-corrected chi connectivity index (χ2v) is 7.87. The maximum Gasteiger partial charge on any atom is 0.416 e. The van der Waals surface area contributed by atoms with Crippen LogP contribution < -0.4 is 5.32 Å². The molecule has 0 saturated heterocycles. The van der Waals surface area contributed by atoms with Crippen LogP contribution in [0, 0.1) is 0 Å². The number of hydrogen-bond acceptors (Lipinski definition) is 4. The number of fused-ring (bicyclic) bond motifs is 1. The minimum absolute atomic E-state index is 0.301. The third kappa shape index (κ3) is 5.16. The summed E-state index contributed by atoms with van der Waals surface area (Å²) in [7, 11) is 0. The van der Waals surface area contributed by atoms with Crippen molar-refractivity contribution in [3.8, 4) is 0 Å². The first-order chi connectivity index (χ1) is 14.9. The van der Waals surface area contributed by atoms with Crippen LogP contribution in [0.25, 0.3) is 17.0 Å². The number of carbonyl (C=O) groups excluding carboxylic acids is 1. The summed E-state index contributed by atoms with van der Waals surface area (Å²) >= 11 is 1.22. The molecule has 1 amide bonds. The fourth-order valence-corrected chi connectivity index (χ4v) is 3.93. The molecular weight excluding hydrogens is 423 g/mol. The van der Waals surface area contributed by atoms with Crippen LogP contribution in [0.1, 0.15) is 21.6 Å². The lowest BCUT2D eigenvalue weighted by atomic mass is 10.1. The Balaban J connectivity index is 1.42. The van der Waals surface area contributed by atoms with E-state index in [0.717, 1.165) is 33.5 Å². The Morgan fingerprint density at radius 2 is 1.87 bits per heavy atom. The summed E-state index contributed by atoms with van der Waals surface area (Å²) < 4.78 is 38.6. The second-order valence-electron chi connectivity index (χ2n) is 6.75. The number of nitrogens with one attached hydrogen (secondary N) is 1. The molecule has 4 nitrogen and oxygen atoms in total. The largest absolute Gasteiger partial charge is 0.416 e. The lowest BCUT2D eigenvalue weighted by Gasteiger charge is -2.07. The number of rotatable bonds is 5. The quantitative estimate of drug-likeness (QED) is 0.391. The van der Waals surface area contributed by atoms with E-state index in [0.29, 0.717) is 17.1 Å². The first kappa shape index (κ1) is 20.7. The number of hydrogen-bond donors (Lipinski definition) is 1. The Hall–Kier alpha value is -3.52. The molecule has 2 heterocycles. The van der Waals surface area contributed by atoms with Crippen LogP contribution >= 0.6 is 11.3 Å². The molecule has 8 heteroatoms. The molecule has 2 aromatic heterocycles. The Morgan fingerprint density at radius 1 is 1.06 bits per heavy atom. The third-order valence-electron chi connectivity index (χ3n) is 4.49. The summed E-state index contributed by atoms with van der Waals surface area (Å²) in [5.74, 6) is -0.354. The monoisotopic (exact) mass is 439 g/mol. The summed E-state index contributed by atoms with van der Waals surface area (Å²) in [5, 5.41) is 4.04. The highest BCUT2D eigenvalue weighted by molar-refractivity contribution is 7.15. The maximum atomic E-state index is 12.9. The molecule has 4 rings (SSSR count). The van der Waals surface area contributed by atoms with Gasteiger partial charge in [0.05, 0.1) is 11.1 Å². The van der Waals surface area contributed by atoms with Gasteiger partial charge in [-0.1, -0.05) is 42.5 Å². The molecule has 0 fully saturated rings. The van der Waals surface area contributed by atoms with Crippen LogP contribution in [0.4, 0.5) is 18.3 Å². The van der Waals surface area contributed by atoms with E-state index in [1.807, 2.05) is 30.3 Å². The van der Waals surface area contributed by atoms with Gasteiger partial charge in [0.1, 0.15) is 0 Å². The highest BCUT2D eigenvalue weighted by atomic mass is 32.1. The highest BCUT2D eigenvalue weighted by Gasteiger charge is 2.30. The molecule has 0 aliphatic heterocycles. The molecule has 0 unspecified atom stereocenters. The van der Waals surface area contributed by atoms with Crippen LogP contribution in [0.15, 0.2) is 73.1 Å². The molecule has 0 atom stereocenters. The van der Waals surface area contributed by atoms with Gasteiger partial charge in [-0.3, -0.25) is 15.1 Å². The van der Waals surface area contributed by atoms with E-state index < -0.39 is 11.7 Å². The van der Waals surface area contributed by atoms with Crippen LogP contribution in [0.5, 0.6) is 0 Å². The Labute approximate surface area is 180 Å². The van der Waals surface area contributed by atoms with Gasteiger partial charge in [-0.25, -0.2) is 4.98 Å². The normalized spacial score (nSPS) is 11.8. The minimum Gasteiger partial charge on any atom is -0.298 e. The molecule has 0 bridgehead atoms. The van der Waals surface area contributed by atoms with E-state index in [9.17, 15) is 18.0 Å². The maximum absolute atomic E-state index is 12.9. The van der Waals surface area contributed by atoms with Crippen LogP contribution in [0.3, 0.4) is 0 Å². The fraction of sp³-hybridized carbons (Fsp3) is 0.0870. The molecule has 156 valence electrons. The first-order valence-electron chi connectivity index (χ1n) is 9.32. The molecule has 1 N–H and O–H groups in total. The van der Waals surface area contributed by atoms with Gasteiger partial charge in [-0.05, 0) is 23.8 Å². The number of nitrogens with zero attached hydrogens (tertiary/aromatic N) is 2. The van der Waals surface area contributed by atoms with Crippen LogP contribution in [-0.4, -0.2) is 15.9 Å². The molecule has 0 saturated carbocycles. The lowest BCUT2D eigenvalue weighted by Crippen LogP contribution is -2.07. The van der Waals surface area contributed by atoms with Gasteiger partial charge in [0.15, 0.2) is 5.13 Å². The average Bonchev–Trinajstić information content (AvgIpc) is 3.18. The van der Waals surface area contributed by atoms with Crippen molar-refractivity contribution in [1.82, 2.24) is 9.97 Å². The third-order valence-corrected chi connectivity index (χ3v) is 5.41. The molecule has 0 aliphatic rings. The lowest BCUT2D eigenvalue weighted by molar-refractivity contribution is -0.137. The van der Waals surface area contributed by atoms with Gasteiger partial charge in [0.25, 0.3) is 0 Å². The van der Waals surface area contributed by atoms with E-state index in [1.165, 1.54) is 23.5 Å². The summed E-state index contributed by atoms with van der Waals surface area (Å²) in [4.78, 5) is 21.5. The van der Waals surface area contributed by atoms with Crippen molar-refractivity contribution < 1.29 is 18.0 Å². The average molecular weight is 439 g/mol. The zero-order chi connectivity index (χ0) is 21.8. The van der Waals surface area contributed by atoms with Crippen molar-refractivity contribution in [2.45, 2.75) is 12.6 Å². The predicted molar refractivity (Wildman–Crippen MR) is 116 cm³/mol. The van der Waals surface area contributed by atoms with Crippen molar-refractivity contribution in [2.24, 2.45) is 0 Å². The van der Waals surface area contributed by atoms with E-state index in [2.05, 4.69) is 15.3 Å². The van der Waals surface area contributed by atoms with Crippen molar-refractivity contribution in [3.63, 3.8) is 0 Å². The second kappa shape index (κ2) is 8.69. The fourth-order valence-electron chi connectivity index (χ4n) is 3.08. The smallest absolute Gasteiger partial charge is 0.298 e. The number of alkyl halides is 3. The summed E-state index contributed by atoms with van der Waals surface area (Å²) in [6.45, 7) is 0. The Kier molecular flexibility index (Phi) is 5.81. The minimum atomic E-state index is -4.38. The topological polar surface area (TPSA) is 54.9 Å². The summed E-state index contributed by atoms with van der Waals surface area (Å²) in [6, 6.07) is 14.7. The van der Waals surface area contributed by atoms with Gasteiger partial charge in [-0.2, -0.15) is 13.2 Å². The van der Waals surface area contributed by atoms with E-state index in [1.54, 1.807) is 24.5 Å². The number of pyridine rings is 1. The molecule has 31 heavy (non-hydrogen) atoms. The zero-order valence-electron chi connectivity index (χ0n) is 16.1. The number of benzene rings is 2. The van der Waals surface area contributed by atoms with Gasteiger partial charge < -0.3 is 0 Å². The van der Waals surface area contributed by atoms with Crippen molar-refractivity contribution in [3.05, 3.63) is 94.6 Å². The van der Waals surface area contributed by atoms with E-state index in [4.69, 9.17) is 0 Å². The molecule has 4 aromatic rings. The zero-order valence-corrected chi connectivity index (χ0v) is 16.9. The summed E-state index contributed by atoms with van der Waals surface area (Å²) in [5.41, 5.74) is 1.46. The number of para-hydroxylation sites is 1. The number of amides is 1. The predicted octanol–water partition coefficient (Wildman–Crippen LogP) is 5.95. The van der Waals surface area contributed by atoms with Gasteiger partial charge in [-0.15, -0.1) is 11.3 Å². The Morgan fingerprint density at radius 3 is 2.71 bits per heavy atom.